The molecule has 1 amide bonds. The third kappa shape index (κ3) is 2.89. The number of carbonyl (C=O) groups excluding carboxylic acids is 2. The largest absolute Gasteiger partial charge is 0.482 e. The SMILES string of the molecule is Cc1c(C(=O)Oc2ccc3c(c2)NC(=O)CO3)cccc1[N+](=O)[O-]. The van der Waals surface area contributed by atoms with E-state index in [1.54, 1.807) is 6.07 Å². The van der Waals surface area contributed by atoms with Gasteiger partial charge in [-0.25, -0.2) is 4.79 Å². The predicted octanol–water partition coefficient (Wildman–Crippen LogP) is 2.45. The lowest BCUT2D eigenvalue weighted by molar-refractivity contribution is -0.385. The zero-order chi connectivity index (χ0) is 17.3. The third-order valence-electron chi connectivity index (χ3n) is 3.52. The second-order valence-electron chi connectivity index (χ2n) is 5.09. The Morgan fingerprint density at radius 2 is 2.12 bits per heavy atom. The Morgan fingerprint density at radius 3 is 2.88 bits per heavy atom. The number of amides is 1. The lowest BCUT2D eigenvalue weighted by Gasteiger charge is -2.18. The van der Waals surface area contributed by atoms with Crippen molar-refractivity contribution < 1.29 is 24.0 Å². The van der Waals surface area contributed by atoms with E-state index in [-0.39, 0.29) is 35.1 Å². The van der Waals surface area contributed by atoms with E-state index in [4.69, 9.17) is 9.47 Å². The highest BCUT2D eigenvalue weighted by Gasteiger charge is 2.21. The summed E-state index contributed by atoms with van der Waals surface area (Å²) in [6, 6.07) is 8.73. The number of benzene rings is 2. The number of carbonyl (C=O) groups is 2. The van der Waals surface area contributed by atoms with Crippen molar-refractivity contribution in [1.29, 1.82) is 0 Å². The molecule has 0 spiro atoms. The molecule has 24 heavy (non-hydrogen) atoms. The standard InChI is InChI=1S/C16H12N2O6/c1-9-11(3-2-4-13(9)18(21)22)16(20)24-10-5-6-14-12(7-10)17-15(19)8-23-14/h2-7H,8H2,1H3,(H,17,19). The smallest absolute Gasteiger partial charge is 0.344 e. The van der Waals surface area contributed by atoms with E-state index in [1.165, 1.54) is 37.3 Å². The number of esters is 1. The van der Waals surface area contributed by atoms with Crippen LogP contribution < -0.4 is 14.8 Å². The number of nitrogens with zero attached hydrogens (tertiary/aromatic N) is 1. The molecule has 8 nitrogen and oxygen atoms in total. The normalized spacial score (nSPS) is 12.6. The number of hydrogen-bond donors (Lipinski definition) is 1. The van der Waals surface area contributed by atoms with Gasteiger partial charge in [-0.2, -0.15) is 0 Å². The van der Waals surface area contributed by atoms with Crippen LogP contribution >= 0.6 is 0 Å². The summed E-state index contributed by atoms with van der Waals surface area (Å²) in [6.45, 7) is 1.41. The molecule has 0 saturated heterocycles. The van der Waals surface area contributed by atoms with Crippen LogP contribution in [-0.4, -0.2) is 23.4 Å². The first-order chi connectivity index (χ1) is 11.5. The van der Waals surface area contributed by atoms with Crippen molar-refractivity contribution in [2.24, 2.45) is 0 Å². The third-order valence-corrected chi connectivity index (χ3v) is 3.52. The Labute approximate surface area is 136 Å². The van der Waals surface area contributed by atoms with Gasteiger partial charge in [0, 0.05) is 17.7 Å². The molecule has 1 aliphatic rings. The average Bonchev–Trinajstić information content (AvgIpc) is 2.54. The monoisotopic (exact) mass is 328 g/mol. The first kappa shape index (κ1) is 15.5. The summed E-state index contributed by atoms with van der Waals surface area (Å²) in [5.74, 6) is -0.365. The van der Waals surface area contributed by atoms with E-state index >= 15 is 0 Å². The molecular formula is C16H12N2O6. The second-order valence-corrected chi connectivity index (χ2v) is 5.09. The molecule has 2 aromatic rings. The molecule has 0 aliphatic carbocycles. The molecule has 0 saturated carbocycles. The molecule has 1 N–H and O–H groups in total. The summed E-state index contributed by atoms with van der Waals surface area (Å²) in [5.41, 5.74) is 0.562. The van der Waals surface area contributed by atoms with Crippen LogP contribution in [0.1, 0.15) is 15.9 Å². The number of anilines is 1. The van der Waals surface area contributed by atoms with Gasteiger partial charge in [0.2, 0.25) is 0 Å². The summed E-state index contributed by atoms with van der Waals surface area (Å²) in [5, 5.41) is 13.5. The van der Waals surface area contributed by atoms with Crippen molar-refractivity contribution in [2.45, 2.75) is 6.92 Å². The number of nitro groups is 1. The summed E-state index contributed by atoms with van der Waals surface area (Å²) >= 11 is 0. The van der Waals surface area contributed by atoms with Gasteiger partial charge < -0.3 is 14.8 Å². The van der Waals surface area contributed by atoms with Crippen molar-refractivity contribution in [3.05, 3.63) is 57.6 Å². The minimum Gasteiger partial charge on any atom is -0.482 e. The van der Waals surface area contributed by atoms with Crippen LogP contribution in [0, 0.1) is 17.0 Å². The number of hydrogen-bond acceptors (Lipinski definition) is 6. The summed E-state index contributed by atoms with van der Waals surface area (Å²) in [6.07, 6.45) is 0. The molecule has 0 unspecified atom stereocenters. The van der Waals surface area contributed by atoms with Crippen LogP contribution in [0.2, 0.25) is 0 Å². The molecule has 2 aromatic carbocycles. The zero-order valence-corrected chi connectivity index (χ0v) is 12.6. The highest BCUT2D eigenvalue weighted by Crippen LogP contribution is 2.32. The summed E-state index contributed by atoms with van der Waals surface area (Å²) in [7, 11) is 0. The maximum Gasteiger partial charge on any atom is 0.344 e. The van der Waals surface area contributed by atoms with Crippen molar-refractivity contribution in [1.82, 2.24) is 0 Å². The lowest BCUT2D eigenvalue weighted by atomic mass is 10.1. The van der Waals surface area contributed by atoms with Gasteiger partial charge >= 0.3 is 5.97 Å². The number of ether oxygens (including phenoxy) is 2. The van der Waals surface area contributed by atoms with Gasteiger partial charge in [0.1, 0.15) is 11.5 Å². The molecule has 122 valence electrons. The van der Waals surface area contributed by atoms with Crippen molar-refractivity contribution >= 4 is 23.3 Å². The quantitative estimate of drug-likeness (QED) is 0.401. The van der Waals surface area contributed by atoms with E-state index in [1.807, 2.05) is 0 Å². The first-order valence-corrected chi connectivity index (χ1v) is 6.98. The minimum absolute atomic E-state index is 0.0704. The Kier molecular flexibility index (Phi) is 3.87. The number of nitrogens with one attached hydrogen (secondary N) is 1. The summed E-state index contributed by atoms with van der Waals surface area (Å²) in [4.78, 5) is 34.0. The van der Waals surface area contributed by atoms with Gasteiger partial charge in [0.05, 0.1) is 16.2 Å². The van der Waals surface area contributed by atoms with Gasteiger partial charge in [-0.3, -0.25) is 14.9 Å². The fourth-order valence-electron chi connectivity index (χ4n) is 2.33. The molecule has 1 aliphatic heterocycles. The molecule has 0 atom stereocenters. The maximum atomic E-state index is 12.3. The molecule has 1 heterocycles. The predicted molar refractivity (Wildman–Crippen MR) is 83.4 cm³/mol. The van der Waals surface area contributed by atoms with E-state index < -0.39 is 10.9 Å². The molecule has 0 fully saturated rings. The minimum atomic E-state index is -0.723. The lowest BCUT2D eigenvalue weighted by Crippen LogP contribution is -2.25. The van der Waals surface area contributed by atoms with Crippen LogP contribution in [0.4, 0.5) is 11.4 Å². The second kappa shape index (κ2) is 5.99. The van der Waals surface area contributed by atoms with Gasteiger partial charge in [0.15, 0.2) is 6.61 Å². The highest BCUT2D eigenvalue weighted by atomic mass is 16.6. The van der Waals surface area contributed by atoms with Gasteiger partial charge in [-0.05, 0) is 25.1 Å². The van der Waals surface area contributed by atoms with E-state index in [9.17, 15) is 19.7 Å². The van der Waals surface area contributed by atoms with E-state index in [2.05, 4.69) is 5.32 Å². The molecule has 0 bridgehead atoms. The van der Waals surface area contributed by atoms with Crippen LogP contribution in [0.15, 0.2) is 36.4 Å². The molecule has 0 aromatic heterocycles. The number of rotatable bonds is 3. The van der Waals surface area contributed by atoms with Crippen molar-refractivity contribution in [3.8, 4) is 11.5 Å². The molecule has 8 heteroatoms. The van der Waals surface area contributed by atoms with Gasteiger partial charge in [-0.15, -0.1) is 0 Å². The highest BCUT2D eigenvalue weighted by molar-refractivity contribution is 5.96. The Bertz CT molecular complexity index is 862. The van der Waals surface area contributed by atoms with Crippen LogP contribution in [0.25, 0.3) is 0 Å². The molecule has 0 radical (unpaired) electrons. The maximum absolute atomic E-state index is 12.3. The average molecular weight is 328 g/mol. The van der Waals surface area contributed by atoms with Crippen molar-refractivity contribution in [3.63, 3.8) is 0 Å². The fourth-order valence-corrected chi connectivity index (χ4v) is 2.33. The topological polar surface area (TPSA) is 108 Å². The number of fused-ring (bicyclic) bond motifs is 1. The number of nitro benzene ring substituents is 1. The van der Waals surface area contributed by atoms with E-state index in [0.29, 0.717) is 11.4 Å². The van der Waals surface area contributed by atoms with Gasteiger partial charge in [-0.1, -0.05) is 6.07 Å². The zero-order valence-electron chi connectivity index (χ0n) is 12.6. The van der Waals surface area contributed by atoms with Crippen LogP contribution in [0.5, 0.6) is 11.5 Å². The molecule has 3 rings (SSSR count). The summed E-state index contributed by atoms with van der Waals surface area (Å²) < 4.78 is 10.5. The van der Waals surface area contributed by atoms with Gasteiger partial charge in [0.25, 0.3) is 11.6 Å². The van der Waals surface area contributed by atoms with Crippen LogP contribution in [0.3, 0.4) is 0 Å². The first-order valence-electron chi connectivity index (χ1n) is 6.98. The Morgan fingerprint density at radius 1 is 1.33 bits per heavy atom. The Balaban J connectivity index is 1.86. The molecular weight excluding hydrogens is 316 g/mol. The van der Waals surface area contributed by atoms with Crippen molar-refractivity contribution in [2.75, 3.05) is 11.9 Å². The Hall–Kier alpha value is -3.42. The van der Waals surface area contributed by atoms with Crippen LogP contribution in [-0.2, 0) is 4.79 Å². The van der Waals surface area contributed by atoms with E-state index in [0.717, 1.165) is 0 Å². The fraction of sp³-hybridized carbons (Fsp3) is 0.125.